The average Bonchev–Trinajstić information content (AvgIpc) is 3.27. The van der Waals surface area contributed by atoms with Gasteiger partial charge in [-0.05, 0) is 47.5 Å². The van der Waals surface area contributed by atoms with Crippen LogP contribution in [0.25, 0.3) is 0 Å². The van der Waals surface area contributed by atoms with Crippen LogP contribution in [0.4, 0.5) is 0 Å². The maximum Gasteiger partial charge on any atom is 0.346 e. The van der Waals surface area contributed by atoms with Crippen LogP contribution in [-0.2, 0) is 37.0 Å². The summed E-state index contributed by atoms with van der Waals surface area (Å²) in [5, 5.41) is 21.0. The number of rotatable bonds is 12. The van der Waals surface area contributed by atoms with Gasteiger partial charge in [0.25, 0.3) is 0 Å². The Morgan fingerprint density at radius 2 is 0.889 bits per heavy atom. The van der Waals surface area contributed by atoms with E-state index in [1.54, 1.807) is 54.6 Å². The minimum Gasteiger partial charge on any atom is -0.507 e. The zero-order valence-corrected chi connectivity index (χ0v) is 32.6. The van der Waals surface area contributed by atoms with Gasteiger partial charge in [0.05, 0.1) is 46.6 Å². The van der Waals surface area contributed by atoms with Crippen LogP contribution in [0.15, 0.2) is 121 Å². The van der Waals surface area contributed by atoms with Gasteiger partial charge < -0.3 is 33.9 Å². The molecule has 0 spiro atoms. The van der Waals surface area contributed by atoms with Crippen molar-refractivity contribution in [1.29, 1.82) is 0 Å². The van der Waals surface area contributed by atoms with Crippen LogP contribution in [0.3, 0.4) is 0 Å². The van der Waals surface area contributed by atoms with Crippen molar-refractivity contribution < 1.29 is 72.3 Å². The van der Waals surface area contributed by atoms with E-state index in [4.69, 9.17) is 23.7 Å². The van der Waals surface area contributed by atoms with E-state index in [0.717, 1.165) is 35.4 Å². The number of phenols is 2. The van der Waals surface area contributed by atoms with Crippen molar-refractivity contribution in [3.8, 4) is 23.0 Å². The molecule has 0 bridgehead atoms. The van der Waals surface area contributed by atoms with Crippen LogP contribution >= 0.6 is 0 Å². The lowest BCUT2D eigenvalue weighted by atomic mass is 9.82. The lowest BCUT2D eigenvalue weighted by molar-refractivity contribution is -0.140. The smallest absolute Gasteiger partial charge is 0.346 e. The van der Waals surface area contributed by atoms with Gasteiger partial charge in [0.2, 0.25) is 11.6 Å². The van der Waals surface area contributed by atoms with Crippen LogP contribution in [0.2, 0.25) is 0 Å². The molecule has 0 aliphatic heterocycles. The second-order valence-corrected chi connectivity index (χ2v) is 14.1. The van der Waals surface area contributed by atoms with Gasteiger partial charge in [-0.1, -0.05) is 84.9 Å². The van der Waals surface area contributed by atoms with Crippen LogP contribution in [0.5, 0.6) is 23.0 Å². The van der Waals surface area contributed by atoms with Crippen molar-refractivity contribution in [2.75, 3.05) is 13.2 Å². The fourth-order valence-electron chi connectivity index (χ4n) is 7.10. The molecule has 6 aromatic rings. The number of carbonyl (C=O) groups is 8. The van der Waals surface area contributed by atoms with E-state index in [-0.39, 0.29) is 41.2 Å². The predicted molar refractivity (Wildman–Crippen MR) is 216 cm³/mol. The summed E-state index contributed by atoms with van der Waals surface area (Å²) in [6.07, 6.45) is 0. The Labute approximate surface area is 356 Å². The summed E-state index contributed by atoms with van der Waals surface area (Å²) in [4.78, 5) is 108. The number of hydrogen-bond acceptors (Lipinski definition) is 15. The topological polar surface area (TPSA) is 223 Å². The summed E-state index contributed by atoms with van der Waals surface area (Å²) >= 11 is 0. The fourth-order valence-corrected chi connectivity index (χ4v) is 7.10. The Bertz CT molecular complexity index is 2930. The van der Waals surface area contributed by atoms with Crippen molar-refractivity contribution in [2.24, 2.45) is 0 Å². The third kappa shape index (κ3) is 8.24. The van der Waals surface area contributed by atoms with Gasteiger partial charge >= 0.3 is 23.9 Å². The van der Waals surface area contributed by atoms with Crippen LogP contribution < -0.4 is 9.47 Å². The van der Waals surface area contributed by atoms with Crippen molar-refractivity contribution in [3.63, 3.8) is 0 Å². The van der Waals surface area contributed by atoms with Crippen LogP contribution in [0.1, 0.15) is 95.5 Å². The molecule has 312 valence electrons. The number of hydrogen-bond donors (Lipinski definition) is 2. The van der Waals surface area contributed by atoms with Gasteiger partial charge in [0.15, 0.2) is 11.6 Å². The minimum atomic E-state index is -1.42. The third-order valence-corrected chi connectivity index (χ3v) is 9.94. The summed E-state index contributed by atoms with van der Waals surface area (Å²) in [5.74, 6) is -10.4. The number of esters is 4. The molecule has 2 aliphatic carbocycles. The van der Waals surface area contributed by atoms with Gasteiger partial charge in [-0.3, -0.25) is 19.2 Å². The van der Waals surface area contributed by atoms with Gasteiger partial charge in [-0.15, -0.1) is 0 Å². The molecule has 0 radical (unpaired) electrons. The lowest BCUT2D eigenvalue weighted by Gasteiger charge is -2.22. The molecule has 0 heterocycles. The first-order valence-corrected chi connectivity index (χ1v) is 19.0. The first-order valence-electron chi connectivity index (χ1n) is 19.0. The summed E-state index contributed by atoms with van der Waals surface area (Å²) in [6.45, 7) is -1.06. The number of phenolic OH excluding ortho intramolecular Hbond substituents is 2. The van der Waals surface area contributed by atoms with Crippen molar-refractivity contribution in [1.82, 2.24) is 0 Å². The Morgan fingerprint density at radius 3 is 1.48 bits per heavy atom. The van der Waals surface area contributed by atoms with Crippen molar-refractivity contribution in [2.45, 2.75) is 13.2 Å². The molecule has 0 atom stereocenters. The molecule has 2 N–H and O–H groups in total. The zero-order chi connectivity index (χ0) is 44.4. The van der Waals surface area contributed by atoms with E-state index in [9.17, 15) is 48.6 Å². The molecule has 0 saturated carbocycles. The standard InChI is InChI=1S/C48H30O15/c49-33-15-7-13-29-39(33)45(55)40-31(43(29)53)17-27(19-34(40)50)47(57)63-48(58)28-18-32-42(36(20-28)62-38(52)24-60-22-26-11-5-2-6-12-26)46(56)41-30(44(32)54)14-8-16-35(41)61-37(51)23-59-21-25-9-3-1-4-10-25/h1-20,49-50H,21-24H2. The van der Waals surface area contributed by atoms with E-state index < -0.39 is 111 Å². The Kier molecular flexibility index (Phi) is 11.3. The highest BCUT2D eigenvalue weighted by molar-refractivity contribution is 6.32. The molecule has 15 heteroatoms. The number of carbonyl (C=O) groups excluding carboxylic acids is 8. The summed E-state index contributed by atoms with van der Waals surface area (Å²) in [6, 6.07) is 29.2. The molecule has 6 aromatic carbocycles. The van der Waals surface area contributed by atoms with E-state index in [2.05, 4.69) is 0 Å². The fraction of sp³-hybridized carbons (Fsp3) is 0.0833. The van der Waals surface area contributed by atoms with Crippen LogP contribution in [0, 0.1) is 0 Å². The molecule has 0 aromatic heterocycles. The predicted octanol–water partition coefficient (Wildman–Crippen LogP) is 5.89. The SMILES string of the molecule is O=C(COCc1ccccc1)Oc1cccc2c1C(=O)c1c(OC(=O)COCc3ccccc3)cc(C(=O)OC(=O)c3cc(O)c4c(c3)C(=O)c3cccc(O)c3C4=O)cc1C2=O. The number of benzene rings is 6. The molecule has 63 heavy (non-hydrogen) atoms. The summed E-state index contributed by atoms with van der Waals surface area (Å²) < 4.78 is 27.0. The Hall–Kier alpha value is -8.40. The quantitative estimate of drug-likeness (QED) is 0.0831. The van der Waals surface area contributed by atoms with Gasteiger partial charge in [0.1, 0.15) is 36.2 Å². The molecule has 15 nitrogen and oxygen atoms in total. The van der Waals surface area contributed by atoms with Crippen molar-refractivity contribution >= 4 is 47.0 Å². The monoisotopic (exact) mass is 846 g/mol. The minimum absolute atomic E-state index is 0.00406. The number of aromatic hydroxyl groups is 2. The highest BCUT2D eigenvalue weighted by Crippen LogP contribution is 2.40. The maximum absolute atomic E-state index is 14.3. The average molecular weight is 847 g/mol. The van der Waals surface area contributed by atoms with Crippen LogP contribution in [-0.4, -0.2) is 70.4 Å². The highest BCUT2D eigenvalue weighted by Gasteiger charge is 2.38. The van der Waals surface area contributed by atoms with Crippen molar-refractivity contribution in [3.05, 3.63) is 188 Å². The first kappa shape index (κ1) is 41.3. The second kappa shape index (κ2) is 17.3. The molecule has 2 aliphatic rings. The highest BCUT2D eigenvalue weighted by atomic mass is 16.6. The van der Waals surface area contributed by atoms with Gasteiger partial charge in [-0.2, -0.15) is 0 Å². The van der Waals surface area contributed by atoms with Gasteiger partial charge in [0, 0.05) is 22.3 Å². The number of fused-ring (bicyclic) bond motifs is 4. The number of ether oxygens (including phenoxy) is 5. The maximum atomic E-state index is 14.3. The molecular formula is C48H30O15. The Morgan fingerprint density at radius 1 is 0.429 bits per heavy atom. The first-order chi connectivity index (χ1) is 30.4. The molecule has 0 unspecified atom stereocenters. The van der Waals surface area contributed by atoms with E-state index >= 15 is 0 Å². The third-order valence-electron chi connectivity index (χ3n) is 9.94. The zero-order valence-electron chi connectivity index (χ0n) is 32.6. The molecule has 0 fully saturated rings. The van der Waals surface area contributed by atoms with Gasteiger partial charge in [-0.25, -0.2) is 19.2 Å². The Balaban J connectivity index is 1.08. The molecule has 8 rings (SSSR count). The second-order valence-electron chi connectivity index (χ2n) is 14.1. The largest absolute Gasteiger partial charge is 0.507 e. The molecule has 0 amide bonds. The summed E-state index contributed by atoms with van der Waals surface area (Å²) in [5.41, 5.74) is -2.44. The summed E-state index contributed by atoms with van der Waals surface area (Å²) in [7, 11) is 0. The van der Waals surface area contributed by atoms with E-state index in [1.807, 2.05) is 6.07 Å². The lowest BCUT2D eigenvalue weighted by Crippen LogP contribution is -2.26. The van der Waals surface area contributed by atoms with E-state index in [1.165, 1.54) is 36.4 Å². The molecular weight excluding hydrogens is 817 g/mol. The van der Waals surface area contributed by atoms with E-state index in [0.29, 0.717) is 0 Å². The normalized spacial score (nSPS) is 12.4. The number of ketones is 4. The molecule has 0 saturated heterocycles.